The number of hydrogen-bond acceptors (Lipinski definition) is 5. The zero-order chi connectivity index (χ0) is 14.8. The molecule has 0 saturated carbocycles. The molecule has 0 aliphatic carbocycles. The molecule has 104 valence electrons. The minimum atomic E-state index is 0.0907. The molecule has 0 fully saturated rings. The van der Waals surface area contributed by atoms with Gasteiger partial charge in [0.05, 0.1) is 15.8 Å². The van der Waals surface area contributed by atoms with Gasteiger partial charge in [-0.2, -0.15) is 0 Å². The maximum absolute atomic E-state index is 6.16. The first-order chi connectivity index (χ1) is 10.2. The monoisotopic (exact) mass is 302 g/mol. The Hall–Kier alpha value is -2.87. The molecule has 1 aromatic carbocycles. The van der Waals surface area contributed by atoms with Crippen LogP contribution in [0.3, 0.4) is 0 Å². The number of amidine groups is 1. The lowest BCUT2D eigenvalue weighted by Gasteiger charge is -2.02. The molecule has 0 radical (unpaired) electrons. The van der Waals surface area contributed by atoms with E-state index < -0.39 is 0 Å². The van der Waals surface area contributed by atoms with Gasteiger partial charge in [-0.1, -0.05) is 11.6 Å². The summed E-state index contributed by atoms with van der Waals surface area (Å²) in [4.78, 5) is 12.2. The Balaban J connectivity index is 2.10. The molecule has 0 spiro atoms. The summed E-state index contributed by atoms with van der Waals surface area (Å²) in [7, 11) is 0. The Kier molecular flexibility index (Phi) is 3.28. The van der Waals surface area contributed by atoms with E-state index in [-0.39, 0.29) is 5.84 Å². The quantitative estimate of drug-likeness (QED) is 0.237. The molecule has 21 heavy (non-hydrogen) atoms. The van der Waals surface area contributed by atoms with E-state index in [1.54, 1.807) is 18.2 Å². The van der Waals surface area contributed by atoms with Crippen molar-refractivity contribution < 1.29 is 9.83 Å². The number of rotatable bonds is 2. The first-order valence-electron chi connectivity index (χ1n) is 5.78. The highest BCUT2D eigenvalue weighted by molar-refractivity contribution is 6.35. The number of aromatic nitrogens is 3. The SMILES string of the molecule is NN=NC(=[NH2+])c1cc(-c2cc(Cl)c3ncoc3c2)ncn1. The van der Waals surface area contributed by atoms with Crippen LogP contribution in [0.15, 0.2) is 45.7 Å². The molecule has 0 bridgehead atoms. The van der Waals surface area contributed by atoms with Crippen molar-refractivity contribution in [3.63, 3.8) is 0 Å². The van der Waals surface area contributed by atoms with E-state index in [4.69, 9.17) is 27.3 Å². The topological polar surface area (TPSA) is 128 Å². The van der Waals surface area contributed by atoms with Crippen LogP contribution in [0, 0.1) is 0 Å². The largest absolute Gasteiger partial charge is 0.443 e. The summed E-state index contributed by atoms with van der Waals surface area (Å²) in [5.74, 6) is 5.05. The van der Waals surface area contributed by atoms with E-state index >= 15 is 0 Å². The van der Waals surface area contributed by atoms with Crippen molar-refractivity contribution in [1.29, 1.82) is 0 Å². The molecule has 2 aromatic heterocycles. The highest BCUT2D eigenvalue weighted by atomic mass is 35.5. The van der Waals surface area contributed by atoms with Gasteiger partial charge in [-0.15, -0.1) is 0 Å². The maximum atomic E-state index is 6.16. The van der Waals surface area contributed by atoms with Crippen LogP contribution in [0.25, 0.3) is 22.4 Å². The number of oxazole rings is 1. The number of fused-ring (bicyclic) bond motifs is 1. The van der Waals surface area contributed by atoms with Gasteiger partial charge in [0.25, 0.3) is 0 Å². The highest BCUT2D eigenvalue weighted by Gasteiger charge is 2.14. The molecule has 0 saturated heterocycles. The van der Waals surface area contributed by atoms with Gasteiger partial charge in [-0.3, -0.25) is 11.3 Å². The van der Waals surface area contributed by atoms with Gasteiger partial charge < -0.3 is 4.42 Å². The van der Waals surface area contributed by atoms with E-state index in [0.717, 1.165) is 5.56 Å². The third kappa shape index (κ3) is 2.43. The first-order valence-corrected chi connectivity index (χ1v) is 6.15. The number of nitrogens with zero attached hydrogens (tertiary/aromatic N) is 5. The summed E-state index contributed by atoms with van der Waals surface area (Å²) < 4.78 is 5.26. The lowest BCUT2D eigenvalue weighted by Crippen LogP contribution is -2.39. The Bertz CT molecular complexity index is 858. The number of nitrogens with two attached hydrogens (primary N) is 2. The molecule has 9 heteroatoms. The van der Waals surface area contributed by atoms with Gasteiger partial charge in [0.1, 0.15) is 11.8 Å². The average molecular weight is 303 g/mol. The third-order valence-electron chi connectivity index (χ3n) is 2.78. The number of benzene rings is 1. The van der Waals surface area contributed by atoms with E-state index in [1.807, 2.05) is 0 Å². The van der Waals surface area contributed by atoms with Gasteiger partial charge in [0, 0.05) is 10.8 Å². The van der Waals surface area contributed by atoms with Crippen molar-refractivity contribution in [3.8, 4) is 11.3 Å². The summed E-state index contributed by atoms with van der Waals surface area (Å²) in [5.41, 5.74) is 2.91. The molecule has 0 unspecified atom stereocenters. The van der Waals surface area contributed by atoms with Gasteiger partial charge in [-0.25, -0.2) is 15.0 Å². The van der Waals surface area contributed by atoms with Gasteiger partial charge >= 0.3 is 5.84 Å². The minimum Gasteiger partial charge on any atom is -0.443 e. The van der Waals surface area contributed by atoms with Gasteiger partial charge in [0.15, 0.2) is 17.7 Å². The van der Waals surface area contributed by atoms with Crippen LogP contribution in [0.2, 0.25) is 5.02 Å². The van der Waals surface area contributed by atoms with Crippen molar-refractivity contribution in [2.75, 3.05) is 0 Å². The maximum Gasteiger partial charge on any atom is 0.369 e. The standard InChI is InChI=1S/C12H8ClN7O/c13-7-1-6(2-10-11(7)18-5-21-10)8-3-9(17-4-16-8)12(14)19-20-15/h1-5H,(H3,14,15,19)/p+1. The molecule has 4 N–H and O–H groups in total. The van der Waals surface area contributed by atoms with Crippen molar-refractivity contribution in [2.45, 2.75) is 0 Å². The van der Waals surface area contributed by atoms with Crippen LogP contribution in [0.4, 0.5) is 0 Å². The lowest BCUT2D eigenvalue weighted by atomic mass is 10.1. The third-order valence-corrected chi connectivity index (χ3v) is 3.07. The Labute approximate surface area is 123 Å². The van der Waals surface area contributed by atoms with E-state index in [9.17, 15) is 0 Å². The summed E-state index contributed by atoms with van der Waals surface area (Å²) >= 11 is 6.16. The molecular weight excluding hydrogens is 294 g/mol. The Morgan fingerprint density at radius 2 is 2.10 bits per heavy atom. The second-order valence-corrected chi connectivity index (χ2v) is 4.45. The molecule has 0 aliphatic heterocycles. The fourth-order valence-electron chi connectivity index (χ4n) is 1.84. The predicted molar refractivity (Wildman–Crippen MR) is 75.1 cm³/mol. The fraction of sp³-hybridized carbons (Fsp3) is 0. The van der Waals surface area contributed by atoms with Crippen LogP contribution < -0.4 is 11.3 Å². The molecule has 0 amide bonds. The molecule has 8 nitrogen and oxygen atoms in total. The van der Waals surface area contributed by atoms with E-state index in [1.165, 1.54) is 12.7 Å². The second-order valence-electron chi connectivity index (χ2n) is 4.05. The second kappa shape index (κ2) is 5.25. The normalized spacial score (nSPS) is 11.3. The molecular formula is C12H9ClN7O+. The zero-order valence-corrected chi connectivity index (χ0v) is 11.3. The van der Waals surface area contributed by atoms with Crippen LogP contribution >= 0.6 is 11.6 Å². The van der Waals surface area contributed by atoms with Crippen molar-refractivity contribution in [1.82, 2.24) is 15.0 Å². The minimum absolute atomic E-state index is 0.0907. The van der Waals surface area contributed by atoms with E-state index in [2.05, 4.69) is 25.3 Å². The number of hydrogen-bond donors (Lipinski definition) is 2. The van der Waals surface area contributed by atoms with Crippen LogP contribution in [-0.2, 0) is 0 Å². The molecule has 0 atom stereocenters. The van der Waals surface area contributed by atoms with Crippen molar-refractivity contribution >= 4 is 28.5 Å². The van der Waals surface area contributed by atoms with E-state index in [0.29, 0.717) is 27.5 Å². The van der Waals surface area contributed by atoms with Crippen LogP contribution in [-0.4, -0.2) is 20.8 Å². The predicted octanol–water partition coefficient (Wildman–Crippen LogP) is 0.770. The number of halogens is 1. The summed E-state index contributed by atoms with van der Waals surface area (Å²) in [6.07, 6.45) is 2.70. The van der Waals surface area contributed by atoms with Gasteiger partial charge in [-0.05, 0) is 18.2 Å². The summed E-state index contributed by atoms with van der Waals surface area (Å²) in [5, 5.41) is 12.8. The average Bonchev–Trinajstić information content (AvgIpc) is 2.96. The molecule has 2 heterocycles. The zero-order valence-electron chi connectivity index (χ0n) is 10.6. The highest BCUT2D eigenvalue weighted by Crippen LogP contribution is 2.29. The van der Waals surface area contributed by atoms with Crippen molar-refractivity contribution in [3.05, 3.63) is 41.6 Å². The smallest absolute Gasteiger partial charge is 0.369 e. The molecule has 3 rings (SSSR count). The molecule has 0 aliphatic rings. The Morgan fingerprint density at radius 1 is 1.24 bits per heavy atom. The van der Waals surface area contributed by atoms with Crippen LogP contribution in [0.1, 0.15) is 5.69 Å². The first kappa shape index (κ1) is 13.1. The lowest BCUT2D eigenvalue weighted by molar-refractivity contribution is -0.114. The fourth-order valence-corrected chi connectivity index (χ4v) is 2.10. The Morgan fingerprint density at radius 3 is 2.90 bits per heavy atom. The van der Waals surface area contributed by atoms with Gasteiger partial charge in [0.2, 0.25) is 0 Å². The van der Waals surface area contributed by atoms with Crippen LogP contribution in [0.5, 0.6) is 0 Å². The summed E-state index contributed by atoms with van der Waals surface area (Å²) in [6, 6.07) is 5.16. The van der Waals surface area contributed by atoms with Crippen molar-refractivity contribution in [2.24, 2.45) is 16.2 Å². The molecule has 3 aromatic rings. The summed E-state index contributed by atoms with van der Waals surface area (Å²) in [6.45, 7) is 0.